The molecule has 0 saturated carbocycles. The second-order valence-electron chi connectivity index (χ2n) is 6.55. The van der Waals surface area contributed by atoms with Crippen molar-refractivity contribution < 1.29 is 4.79 Å². The van der Waals surface area contributed by atoms with Crippen LogP contribution in [-0.2, 0) is 17.6 Å². The van der Waals surface area contributed by atoms with Crippen LogP contribution in [0.25, 0.3) is 10.2 Å². The van der Waals surface area contributed by atoms with E-state index in [1.807, 2.05) is 0 Å². The molecule has 116 valence electrons. The summed E-state index contributed by atoms with van der Waals surface area (Å²) in [6.45, 7) is 2.96. The van der Waals surface area contributed by atoms with E-state index in [-0.39, 0.29) is 17.5 Å². The molecule has 2 atom stereocenters. The predicted molar refractivity (Wildman–Crippen MR) is 86.4 cm³/mol. The average Bonchev–Trinajstić information content (AvgIpc) is 3.01. The van der Waals surface area contributed by atoms with Gasteiger partial charge in [0.2, 0.25) is 5.91 Å². The number of carbonyl (C=O) groups is 1. The smallest absolute Gasteiger partial charge is 0.263 e. The quantitative estimate of drug-likeness (QED) is 0.808. The lowest BCUT2D eigenvalue weighted by Crippen LogP contribution is -2.31. The maximum absolute atomic E-state index is 12.9. The normalized spacial score (nSPS) is 25.0. The Morgan fingerprint density at radius 1 is 1.32 bits per heavy atom. The Labute approximate surface area is 132 Å². The van der Waals surface area contributed by atoms with Crippen molar-refractivity contribution in [3.8, 4) is 0 Å². The largest absolute Gasteiger partial charge is 0.344 e. The molecule has 1 saturated heterocycles. The van der Waals surface area contributed by atoms with Gasteiger partial charge < -0.3 is 4.90 Å². The van der Waals surface area contributed by atoms with Crippen LogP contribution in [0.1, 0.15) is 36.2 Å². The minimum absolute atomic E-state index is 0.0148. The SMILES string of the molecule is C[C@H]1CCc2c(sc3ncn([C@@H]4CCN(C)C4=O)c(=O)c23)C1. The number of thiophene rings is 1. The van der Waals surface area contributed by atoms with E-state index >= 15 is 0 Å². The number of rotatable bonds is 1. The van der Waals surface area contributed by atoms with Crippen molar-refractivity contribution in [1.82, 2.24) is 14.5 Å². The van der Waals surface area contributed by atoms with Crippen LogP contribution in [0.4, 0.5) is 0 Å². The minimum Gasteiger partial charge on any atom is -0.344 e. The fourth-order valence-corrected chi connectivity index (χ4v) is 4.97. The highest BCUT2D eigenvalue weighted by molar-refractivity contribution is 7.18. The second kappa shape index (κ2) is 4.91. The zero-order chi connectivity index (χ0) is 15.4. The lowest BCUT2D eigenvalue weighted by atomic mass is 9.89. The Morgan fingerprint density at radius 3 is 2.86 bits per heavy atom. The molecule has 22 heavy (non-hydrogen) atoms. The summed E-state index contributed by atoms with van der Waals surface area (Å²) in [5, 5.41) is 0.761. The van der Waals surface area contributed by atoms with Crippen molar-refractivity contribution in [1.29, 1.82) is 0 Å². The molecular formula is C16H19N3O2S. The molecule has 2 aromatic heterocycles. The van der Waals surface area contributed by atoms with Crippen molar-refractivity contribution in [2.45, 2.75) is 38.6 Å². The van der Waals surface area contributed by atoms with E-state index in [1.165, 1.54) is 10.4 Å². The van der Waals surface area contributed by atoms with Gasteiger partial charge in [-0.2, -0.15) is 0 Å². The van der Waals surface area contributed by atoms with Crippen molar-refractivity contribution >= 4 is 27.5 Å². The van der Waals surface area contributed by atoms with E-state index in [0.29, 0.717) is 18.9 Å². The molecule has 1 aliphatic heterocycles. The summed E-state index contributed by atoms with van der Waals surface area (Å²) in [4.78, 5) is 33.5. The summed E-state index contributed by atoms with van der Waals surface area (Å²) in [7, 11) is 1.78. The van der Waals surface area contributed by atoms with E-state index in [9.17, 15) is 9.59 Å². The van der Waals surface area contributed by atoms with Gasteiger partial charge in [0, 0.05) is 18.5 Å². The fourth-order valence-electron chi connectivity index (χ4n) is 3.63. The van der Waals surface area contributed by atoms with Gasteiger partial charge in [0.25, 0.3) is 5.56 Å². The summed E-state index contributed by atoms with van der Waals surface area (Å²) in [6.07, 6.45) is 5.37. The molecule has 0 unspecified atom stereocenters. The molecule has 5 nitrogen and oxygen atoms in total. The van der Waals surface area contributed by atoms with Crippen LogP contribution < -0.4 is 5.56 Å². The molecular weight excluding hydrogens is 298 g/mol. The summed E-state index contributed by atoms with van der Waals surface area (Å²) in [5.41, 5.74) is 1.15. The van der Waals surface area contributed by atoms with Crippen molar-refractivity contribution in [3.63, 3.8) is 0 Å². The van der Waals surface area contributed by atoms with E-state index in [2.05, 4.69) is 11.9 Å². The summed E-state index contributed by atoms with van der Waals surface area (Å²) >= 11 is 1.65. The molecule has 2 aromatic rings. The lowest BCUT2D eigenvalue weighted by molar-refractivity contribution is -0.129. The third-order valence-corrected chi connectivity index (χ3v) is 6.14. The van der Waals surface area contributed by atoms with Crippen molar-refractivity contribution in [2.24, 2.45) is 5.92 Å². The van der Waals surface area contributed by atoms with E-state index < -0.39 is 0 Å². The lowest BCUT2D eigenvalue weighted by Gasteiger charge is -2.18. The van der Waals surface area contributed by atoms with E-state index in [1.54, 1.807) is 34.2 Å². The van der Waals surface area contributed by atoms with Gasteiger partial charge in [-0.1, -0.05) is 6.92 Å². The predicted octanol–water partition coefficient (Wildman–Crippen LogP) is 1.99. The number of hydrogen-bond acceptors (Lipinski definition) is 4. The Kier molecular flexibility index (Phi) is 3.11. The van der Waals surface area contributed by atoms with Gasteiger partial charge in [-0.05, 0) is 37.2 Å². The first-order valence-corrected chi connectivity index (χ1v) is 8.64. The number of hydrogen-bond donors (Lipinski definition) is 0. The molecule has 2 aliphatic rings. The first-order valence-electron chi connectivity index (χ1n) is 7.82. The third-order valence-electron chi connectivity index (χ3n) is 4.98. The number of carbonyl (C=O) groups excluding carboxylic acids is 1. The van der Waals surface area contributed by atoms with Crippen molar-refractivity contribution in [2.75, 3.05) is 13.6 Å². The van der Waals surface area contributed by atoms with Gasteiger partial charge in [0.1, 0.15) is 10.9 Å². The first kappa shape index (κ1) is 13.9. The Bertz CT molecular complexity index is 823. The van der Waals surface area contributed by atoms with Crippen molar-refractivity contribution in [3.05, 3.63) is 27.1 Å². The highest BCUT2D eigenvalue weighted by atomic mass is 32.1. The van der Waals surface area contributed by atoms with Crippen LogP contribution in [0.5, 0.6) is 0 Å². The van der Waals surface area contributed by atoms with Gasteiger partial charge in [0.05, 0.1) is 11.7 Å². The van der Waals surface area contributed by atoms with Gasteiger partial charge in [-0.15, -0.1) is 11.3 Å². The maximum atomic E-state index is 12.9. The van der Waals surface area contributed by atoms with Gasteiger partial charge in [-0.25, -0.2) is 4.98 Å². The molecule has 1 aliphatic carbocycles. The minimum atomic E-state index is -0.382. The fraction of sp³-hybridized carbons (Fsp3) is 0.562. The summed E-state index contributed by atoms with van der Waals surface area (Å²) in [6, 6.07) is -0.382. The summed E-state index contributed by atoms with van der Waals surface area (Å²) in [5.74, 6) is 0.689. The Morgan fingerprint density at radius 2 is 2.14 bits per heavy atom. The van der Waals surface area contributed by atoms with E-state index in [4.69, 9.17) is 0 Å². The standard InChI is InChI=1S/C16H19N3O2S/c1-9-3-4-10-12(7-9)22-14-13(10)16(21)19(8-17-14)11-5-6-18(2)15(11)20/h8-9,11H,3-7H2,1-2H3/t9-,11+/m0/s1. The molecule has 3 heterocycles. The number of aryl methyl sites for hydroxylation is 1. The maximum Gasteiger partial charge on any atom is 0.263 e. The Balaban J connectivity index is 1.88. The number of likely N-dealkylation sites (tertiary alicyclic amines) is 1. The Hall–Kier alpha value is -1.69. The van der Waals surface area contributed by atoms with E-state index in [0.717, 1.165) is 29.5 Å². The number of nitrogens with zero attached hydrogens (tertiary/aromatic N) is 3. The molecule has 1 fully saturated rings. The third kappa shape index (κ3) is 1.93. The van der Waals surface area contributed by atoms with Crippen LogP contribution >= 0.6 is 11.3 Å². The van der Waals surface area contributed by atoms with Gasteiger partial charge >= 0.3 is 0 Å². The molecule has 4 rings (SSSR count). The highest BCUT2D eigenvalue weighted by Crippen LogP contribution is 2.35. The van der Waals surface area contributed by atoms with Gasteiger partial charge in [-0.3, -0.25) is 14.2 Å². The highest BCUT2D eigenvalue weighted by Gasteiger charge is 2.32. The number of amides is 1. The molecule has 0 radical (unpaired) electrons. The van der Waals surface area contributed by atoms with Crippen LogP contribution in [0, 0.1) is 5.92 Å². The number of likely N-dealkylation sites (N-methyl/N-ethyl adjacent to an activating group) is 1. The molecule has 0 spiro atoms. The zero-order valence-corrected chi connectivity index (χ0v) is 13.7. The first-order chi connectivity index (χ1) is 10.6. The molecule has 0 bridgehead atoms. The van der Waals surface area contributed by atoms with Crippen LogP contribution in [0.3, 0.4) is 0 Å². The average molecular weight is 317 g/mol. The monoisotopic (exact) mass is 317 g/mol. The van der Waals surface area contributed by atoms with Gasteiger partial charge in [0.15, 0.2) is 0 Å². The van der Waals surface area contributed by atoms with Crippen LogP contribution in [-0.4, -0.2) is 34.0 Å². The molecule has 0 aromatic carbocycles. The molecule has 0 N–H and O–H groups in total. The van der Waals surface area contributed by atoms with Crippen LogP contribution in [0.15, 0.2) is 11.1 Å². The summed E-state index contributed by atoms with van der Waals surface area (Å²) < 4.78 is 1.55. The molecule has 1 amide bonds. The van der Waals surface area contributed by atoms with Crippen LogP contribution in [0.2, 0.25) is 0 Å². The zero-order valence-electron chi connectivity index (χ0n) is 12.8. The number of fused-ring (bicyclic) bond motifs is 3. The topological polar surface area (TPSA) is 55.2 Å². The second-order valence-corrected chi connectivity index (χ2v) is 7.64. The molecule has 6 heteroatoms. The number of aromatic nitrogens is 2.